The first-order valence-electron chi connectivity index (χ1n) is 6.09. The van der Waals surface area contributed by atoms with Crippen LogP contribution in [0.15, 0.2) is 18.2 Å². The van der Waals surface area contributed by atoms with Crippen LogP contribution in [0.5, 0.6) is 0 Å². The number of hydrogen-bond acceptors (Lipinski definition) is 2. The van der Waals surface area contributed by atoms with Crippen molar-refractivity contribution in [3.05, 3.63) is 29.8 Å². The van der Waals surface area contributed by atoms with E-state index in [2.05, 4.69) is 4.98 Å². The fourth-order valence-electron chi connectivity index (χ4n) is 2.08. The summed E-state index contributed by atoms with van der Waals surface area (Å²) in [6.07, 6.45) is -4.65. The van der Waals surface area contributed by atoms with Gasteiger partial charge in [-0.1, -0.05) is 0 Å². The summed E-state index contributed by atoms with van der Waals surface area (Å²) in [6, 6.07) is 3.34. The standard InChI is InChI=1S/C13H15F4N3/c1-7(2)20-10-6-8(14)4-5-9(10)19-11(20)12(3,18)13(15,16)17/h4-7H,18H2,1-3H3. The van der Waals surface area contributed by atoms with E-state index in [1.54, 1.807) is 13.8 Å². The number of nitrogens with zero attached hydrogens (tertiary/aromatic N) is 2. The molecule has 7 heteroatoms. The highest BCUT2D eigenvalue weighted by Crippen LogP contribution is 2.38. The molecule has 0 spiro atoms. The van der Waals surface area contributed by atoms with Crippen LogP contribution in [0.4, 0.5) is 17.6 Å². The Morgan fingerprint density at radius 1 is 1.25 bits per heavy atom. The zero-order valence-corrected chi connectivity index (χ0v) is 11.3. The Morgan fingerprint density at radius 2 is 1.85 bits per heavy atom. The Bertz CT molecular complexity index is 641. The molecule has 2 N–H and O–H groups in total. The molecule has 0 aliphatic rings. The monoisotopic (exact) mass is 289 g/mol. The minimum Gasteiger partial charge on any atom is -0.323 e. The third-order valence-electron chi connectivity index (χ3n) is 3.22. The summed E-state index contributed by atoms with van der Waals surface area (Å²) in [7, 11) is 0. The number of alkyl halides is 3. The fourth-order valence-corrected chi connectivity index (χ4v) is 2.08. The minimum atomic E-state index is -4.65. The van der Waals surface area contributed by atoms with E-state index in [9.17, 15) is 17.6 Å². The van der Waals surface area contributed by atoms with Crippen molar-refractivity contribution >= 4 is 11.0 Å². The normalized spacial score (nSPS) is 15.8. The number of hydrogen-bond donors (Lipinski definition) is 1. The average Bonchev–Trinajstić information content (AvgIpc) is 2.66. The van der Waals surface area contributed by atoms with Crippen molar-refractivity contribution in [2.24, 2.45) is 5.73 Å². The van der Waals surface area contributed by atoms with Crippen molar-refractivity contribution in [3.63, 3.8) is 0 Å². The first-order chi connectivity index (χ1) is 9.05. The first kappa shape index (κ1) is 14.8. The lowest BCUT2D eigenvalue weighted by Gasteiger charge is -2.28. The summed E-state index contributed by atoms with van der Waals surface area (Å²) in [5.74, 6) is -0.850. The van der Waals surface area contributed by atoms with Crippen molar-refractivity contribution in [2.75, 3.05) is 0 Å². The van der Waals surface area contributed by atoms with Crippen LogP contribution in [0.3, 0.4) is 0 Å². The maximum absolute atomic E-state index is 13.3. The van der Waals surface area contributed by atoms with Crippen molar-refractivity contribution < 1.29 is 17.6 Å². The third kappa shape index (κ3) is 2.15. The summed E-state index contributed by atoms with van der Waals surface area (Å²) in [6.45, 7) is 4.26. The van der Waals surface area contributed by atoms with Gasteiger partial charge in [-0.25, -0.2) is 9.37 Å². The second kappa shape index (κ2) is 4.44. The molecule has 1 aromatic carbocycles. The van der Waals surface area contributed by atoms with Gasteiger partial charge in [0.05, 0.1) is 11.0 Å². The molecule has 2 aromatic rings. The number of aromatic nitrogens is 2. The Balaban J connectivity index is 2.80. The van der Waals surface area contributed by atoms with Gasteiger partial charge in [-0.3, -0.25) is 0 Å². The molecule has 110 valence electrons. The molecule has 1 aromatic heterocycles. The van der Waals surface area contributed by atoms with Crippen LogP contribution in [-0.4, -0.2) is 15.7 Å². The van der Waals surface area contributed by atoms with E-state index in [1.165, 1.54) is 10.6 Å². The summed E-state index contributed by atoms with van der Waals surface area (Å²) < 4.78 is 54.0. The topological polar surface area (TPSA) is 43.8 Å². The molecule has 1 unspecified atom stereocenters. The van der Waals surface area contributed by atoms with Crippen LogP contribution >= 0.6 is 0 Å². The lowest BCUT2D eigenvalue weighted by atomic mass is 10.0. The molecular formula is C13H15F4N3. The highest BCUT2D eigenvalue weighted by molar-refractivity contribution is 5.76. The Morgan fingerprint density at radius 3 is 2.35 bits per heavy atom. The van der Waals surface area contributed by atoms with Gasteiger partial charge in [-0.2, -0.15) is 13.2 Å². The molecule has 3 nitrogen and oxygen atoms in total. The first-order valence-corrected chi connectivity index (χ1v) is 6.09. The van der Waals surface area contributed by atoms with E-state index in [-0.39, 0.29) is 17.4 Å². The molecule has 1 heterocycles. The number of fused-ring (bicyclic) bond motifs is 1. The Hall–Kier alpha value is -1.63. The number of halogens is 4. The van der Waals surface area contributed by atoms with E-state index in [1.807, 2.05) is 0 Å². The van der Waals surface area contributed by atoms with Crippen molar-refractivity contribution in [3.8, 4) is 0 Å². The highest BCUT2D eigenvalue weighted by atomic mass is 19.4. The predicted octanol–water partition coefficient (Wildman–Crippen LogP) is 3.49. The maximum atomic E-state index is 13.3. The number of imidazole rings is 1. The summed E-state index contributed by atoms with van der Waals surface area (Å²) in [5, 5.41) is 0. The van der Waals surface area contributed by atoms with Gasteiger partial charge in [-0.15, -0.1) is 0 Å². The highest BCUT2D eigenvalue weighted by Gasteiger charge is 2.52. The minimum absolute atomic E-state index is 0.288. The van der Waals surface area contributed by atoms with Crippen LogP contribution in [0, 0.1) is 5.82 Å². The van der Waals surface area contributed by atoms with Crippen LogP contribution < -0.4 is 5.73 Å². The smallest absolute Gasteiger partial charge is 0.323 e. The third-order valence-corrected chi connectivity index (χ3v) is 3.22. The molecular weight excluding hydrogens is 274 g/mol. The SMILES string of the molecule is CC(C)n1c(C(C)(N)C(F)(F)F)nc2ccc(F)cc21. The molecule has 0 saturated heterocycles. The van der Waals surface area contributed by atoms with E-state index in [0.717, 1.165) is 19.1 Å². The summed E-state index contributed by atoms with van der Waals surface area (Å²) in [5.41, 5.74) is 3.44. The van der Waals surface area contributed by atoms with Crippen molar-refractivity contribution in [2.45, 2.75) is 38.5 Å². The van der Waals surface area contributed by atoms with Crippen molar-refractivity contribution in [1.29, 1.82) is 0 Å². The van der Waals surface area contributed by atoms with Crippen LogP contribution in [0.25, 0.3) is 11.0 Å². The van der Waals surface area contributed by atoms with Crippen LogP contribution in [-0.2, 0) is 5.54 Å². The molecule has 0 aliphatic carbocycles. The zero-order chi connectivity index (χ0) is 15.3. The molecule has 1 atom stereocenters. The number of rotatable bonds is 2. The van der Waals surface area contributed by atoms with E-state index < -0.39 is 17.5 Å². The lowest BCUT2D eigenvalue weighted by Crippen LogP contribution is -2.49. The second-order valence-electron chi connectivity index (χ2n) is 5.23. The average molecular weight is 289 g/mol. The maximum Gasteiger partial charge on any atom is 0.413 e. The van der Waals surface area contributed by atoms with Crippen LogP contribution in [0.1, 0.15) is 32.6 Å². The van der Waals surface area contributed by atoms with Gasteiger partial charge < -0.3 is 10.3 Å². The van der Waals surface area contributed by atoms with Crippen LogP contribution in [0.2, 0.25) is 0 Å². The number of nitrogens with two attached hydrogens (primary N) is 1. The van der Waals surface area contributed by atoms with Gasteiger partial charge in [-0.05, 0) is 39.0 Å². The summed E-state index contributed by atoms with van der Waals surface area (Å²) in [4.78, 5) is 3.96. The summed E-state index contributed by atoms with van der Waals surface area (Å²) >= 11 is 0. The molecule has 0 saturated carbocycles. The van der Waals surface area contributed by atoms with E-state index >= 15 is 0 Å². The Kier molecular flexibility index (Phi) is 3.28. The predicted molar refractivity (Wildman–Crippen MR) is 67.7 cm³/mol. The molecule has 0 amide bonds. The largest absolute Gasteiger partial charge is 0.413 e. The molecule has 2 rings (SSSR count). The quantitative estimate of drug-likeness (QED) is 0.860. The molecule has 0 aliphatic heterocycles. The van der Waals surface area contributed by atoms with E-state index in [0.29, 0.717) is 5.52 Å². The number of benzene rings is 1. The van der Waals surface area contributed by atoms with Gasteiger partial charge in [0.15, 0.2) is 5.54 Å². The van der Waals surface area contributed by atoms with Gasteiger partial charge in [0.25, 0.3) is 0 Å². The zero-order valence-electron chi connectivity index (χ0n) is 11.3. The fraction of sp³-hybridized carbons (Fsp3) is 0.462. The second-order valence-corrected chi connectivity index (χ2v) is 5.23. The van der Waals surface area contributed by atoms with Gasteiger partial charge in [0.1, 0.15) is 11.6 Å². The van der Waals surface area contributed by atoms with Gasteiger partial charge in [0, 0.05) is 6.04 Å². The van der Waals surface area contributed by atoms with Crippen molar-refractivity contribution in [1.82, 2.24) is 9.55 Å². The Labute approximate surface area is 113 Å². The van der Waals surface area contributed by atoms with Gasteiger partial charge >= 0.3 is 6.18 Å². The van der Waals surface area contributed by atoms with E-state index in [4.69, 9.17) is 5.73 Å². The molecule has 20 heavy (non-hydrogen) atoms. The lowest BCUT2D eigenvalue weighted by molar-refractivity contribution is -0.187. The molecule has 0 bridgehead atoms. The molecule has 0 radical (unpaired) electrons. The van der Waals surface area contributed by atoms with Gasteiger partial charge in [0.2, 0.25) is 0 Å². The molecule has 0 fully saturated rings.